The zero-order valence-electron chi connectivity index (χ0n) is 6.93. The summed E-state index contributed by atoms with van der Waals surface area (Å²) in [5.41, 5.74) is 6.28. The first kappa shape index (κ1) is 9.29. The van der Waals surface area contributed by atoms with Crippen LogP contribution in [0.5, 0.6) is 0 Å². The standard InChI is InChI=1S/C8H6N2O2S2/c9-5-2-1-4-6(10(11)12)3-14-8(4)7(5)13/h1-3,13H,9H2. The number of thiophene rings is 1. The number of nitrogens with zero attached hydrogens (tertiary/aromatic N) is 1. The van der Waals surface area contributed by atoms with Crippen LogP contribution >= 0.6 is 24.0 Å². The maximum absolute atomic E-state index is 10.6. The van der Waals surface area contributed by atoms with Crippen LogP contribution in [0.15, 0.2) is 22.4 Å². The molecular formula is C8H6N2O2S2. The number of nitrogens with two attached hydrogens (primary N) is 1. The lowest BCUT2D eigenvalue weighted by molar-refractivity contribution is -0.382. The molecule has 2 aromatic rings. The quantitative estimate of drug-likeness (QED) is 0.340. The zero-order valence-corrected chi connectivity index (χ0v) is 8.64. The number of rotatable bonds is 1. The van der Waals surface area contributed by atoms with Gasteiger partial charge in [0.2, 0.25) is 0 Å². The summed E-state index contributed by atoms with van der Waals surface area (Å²) in [6.45, 7) is 0. The molecule has 0 aliphatic carbocycles. The molecule has 72 valence electrons. The van der Waals surface area contributed by atoms with Crippen LogP contribution < -0.4 is 5.73 Å². The predicted molar refractivity (Wildman–Crippen MR) is 60.1 cm³/mol. The van der Waals surface area contributed by atoms with Gasteiger partial charge in [0.25, 0.3) is 5.69 Å². The maximum atomic E-state index is 10.6. The zero-order chi connectivity index (χ0) is 10.3. The SMILES string of the molecule is Nc1ccc2c([N+](=O)[O-])csc2c1S. The Labute approximate surface area is 88.9 Å². The van der Waals surface area contributed by atoms with Gasteiger partial charge in [0, 0.05) is 10.6 Å². The molecule has 6 heteroatoms. The molecule has 0 bridgehead atoms. The van der Waals surface area contributed by atoms with Gasteiger partial charge < -0.3 is 5.73 Å². The van der Waals surface area contributed by atoms with Crippen LogP contribution in [0.2, 0.25) is 0 Å². The van der Waals surface area contributed by atoms with Crippen LogP contribution in [0, 0.1) is 10.1 Å². The highest BCUT2D eigenvalue weighted by Crippen LogP contribution is 2.38. The van der Waals surface area contributed by atoms with Gasteiger partial charge in [-0.2, -0.15) is 0 Å². The fraction of sp³-hybridized carbons (Fsp3) is 0. The average molecular weight is 226 g/mol. The number of anilines is 1. The van der Waals surface area contributed by atoms with Crippen LogP contribution in [0.1, 0.15) is 0 Å². The summed E-state index contributed by atoms with van der Waals surface area (Å²) in [5.74, 6) is 0. The Balaban J connectivity index is 2.83. The molecule has 0 spiro atoms. The molecule has 0 unspecified atom stereocenters. The smallest absolute Gasteiger partial charge is 0.287 e. The van der Waals surface area contributed by atoms with Crippen LogP contribution in [0.25, 0.3) is 10.1 Å². The Morgan fingerprint density at radius 1 is 1.50 bits per heavy atom. The van der Waals surface area contributed by atoms with E-state index in [9.17, 15) is 10.1 Å². The summed E-state index contributed by atoms with van der Waals surface area (Å²) < 4.78 is 0.764. The maximum Gasteiger partial charge on any atom is 0.287 e. The van der Waals surface area contributed by atoms with Crippen molar-refractivity contribution in [2.24, 2.45) is 0 Å². The molecule has 1 aromatic carbocycles. The Bertz CT molecular complexity index is 521. The van der Waals surface area contributed by atoms with E-state index in [2.05, 4.69) is 12.6 Å². The molecule has 1 aromatic heterocycles. The molecule has 14 heavy (non-hydrogen) atoms. The van der Waals surface area contributed by atoms with Crippen molar-refractivity contribution < 1.29 is 4.92 Å². The molecule has 0 amide bonds. The van der Waals surface area contributed by atoms with Crippen molar-refractivity contribution in [1.82, 2.24) is 0 Å². The number of nitro groups is 1. The van der Waals surface area contributed by atoms with Crippen LogP contribution in [-0.4, -0.2) is 4.92 Å². The normalized spacial score (nSPS) is 10.6. The number of thiol groups is 1. The summed E-state index contributed by atoms with van der Waals surface area (Å²) in [4.78, 5) is 10.8. The second-order valence-electron chi connectivity index (χ2n) is 2.76. The van der Waals surface area contributed by atoms with Crippen LogP contribution in [0.4, 0.5) is 11.4 Å². The molecule has 4 nitrogen and oxygen atoms in total. The summed E-state index contributed by atoms with van der Waals surface area (Å²) in [5, 5.41) is 12.7. The first-order valence-electron chi connectivity index (χ1n) is 3.74. The van der Waals surface area contributed by atoms with E-state index >= 15 is 0 Å². The highest BCUT2D eigenvalue weighted by molar-refractivity contribution is 7.81. The predicted octanol–water partition coefficient (Wildman–Crippen LogP) is 2.68. The van der Waals surface area contributed by atoms with Gasteiger partial charge in [-0.1, -0.05) is 0 Å². The van der Waals surface area contributed by atoms with E-state index < -0.39 is 4.92 Å². The molecule has 0 aliphatic heterocycles. The van der Waals surface area contributed by atoms with E-state index in [4.69, 9.17) is 5.73 Å². The van der Waals surface area contributed by atoms with Crippen molar-refractivity contribution in [2.75, 3.05) is 5.73 Å². The van der Waals surface area contributed by atoms with Crippen molar-refractivity contribution in [3.63, 3.8) is 0 Å². The molecule has 0 radical (unpaired) electrons. The van der Waals surface area contributed by atoms with Gasteiger partial charge in [0.1, 0.15) is 0 Å². The van der Waals surface area contributed by atoms with Gasteiger partial charge in [0.15, 0.2) is 0 Å². The van der Waals surface area contributed by atoms with Gasteiger partial charge >= 0.3 is 0 Å². The number of benzene rings is 1. The highest BCUT2D eigenvalue weighted by atomic mass is 32.1. The van der Waals surface area contributed by atoms with Crippen molar-refractivity contribution in [3.05, 3.63) is 27.6 Å². The monoisotopic (exact) mass is 226 g/mol. The Morgan fingerprint density at radius 2 is 2.21 bits per heavy atom. The van der Waals surface area contributed by atoms with Gasteiger partial charge in [-0.15, -0.1) is 24.0 Å². The second-order valence-corrected chi connectivity index (χ2v) is 4.09. The Kier molecular flexibility index (Phi) is 2.09. The number of hydrogen-bond donors (Lipinski definition) is 2. The van der Waals surface area contributed by atoms with Crippen LogP contribution in [0.3, 0.4) is 0 Å². The lowest BCUT2D eigenvalue weighted by atomic mass is 10.2. The first-order valence-corrected chi connectivity index (χ1v) is 5.07. The van der Waals surface area contributed by atoms with Crippen LogP contribution in [-0.2, 0) is 0 Å². The van der Waals surface area contributed by atoms with Gasteiger partial charge in [-0.05, 0) is 12.1 Å². The lowest BCUT2D eigenvalue weighted by Gasteiger charge is -1.98. The molecule has 2 N–H and O–H groups in total. The average Bonchev–Trinajstić information content (AvgIpc) is 2.55. The van der Waals surface area contributed by atoms with Crippen molar-refractivity contribution in [1.29, 1.82) is 0 Å². The fourth-order valence-electron chi connectivity index (χ4n) is 1.23. The Morgan fingerprint density at radius 3 is 2.86 bits per heavy atom. The third-order valence-corrected chi connectivity index (χ3v) is 3.56. The minimum atomic E-state index is -0.401. The summed E-state index contributed by atoms with van der Waals surface area (Å²) in [6.07, 6.45) is 0. The molecule has 0 fully saturated rings. The lowest BCUT2D eigenvalue weighted by Crippen LogP contribution is -1.88. The number of fused-ring (bicyclic) bond motifs is 1. The highest BCUT2D eigenvalue weighted by Gasteiger charge is 2.16. The van der Waals surface area contributed by atoms with E-state index in [1.807, 2.05) is 0 Å². The van der Waals surface area contributed by atoms with Crippen molar-refractivity contribution in [3.8, 4) is 0 Å². The fourth-order valence-corrected chi connectivity index (χ4v) is 2.55. The second kappa shape index (κ2) is 3.14. The number of nitrogen functional groups attached to an aromatic ring is 1. The minimum absolute atomic E-state index is 0.111. The molecule has 1 heterocycles. The molecular weight excluding hydrogens is 220 g/mol. The van der Waals surface area contributed by atoms with E-state index in [1.165, 1.54) is 16.7 Å². The molecule has 0 saturated carbocycles. The molecule has 0 atom stereocenters. The largest absolute Gasteiger partial charge is 0.398 e. The van der Waals surface area contributed by atoms with Crippen molar-refractivity contribution in [2.45, 2.75) is 4.90 Å². The van der Waals surface area contributed by atoms with E-state index in [-0.39, 0.29) is 5.69 Å². The van der Waals surface area contributed by atoms with Gasteiger partial charge in [-0.3, -0.25) is 10.1 Å². The van der Waals surface area contributed by atoms with Gasteiger partial charge in [0.05, 0.1) is 20.4 Å². The Hall–Kier alpha value is -1.27. The molecule has 0 aliphatic rings. The number of hydrogen-bond acceptors (Lipinski definition) is 5. The third-order valence-electron chi connectivity index (χ3n) is 1.92. The van der Waals surface area contributed by atoms with E-state index in [1.54, 1.807) is 12.1 Å². The third kappa shape index (κ3) is 1.23. The van der Waals surface area contributed by atoms with E-state index in [0.29, 0.717) is 16.0 Å². The minimum Gasteiger partial charge on any atom is -0.398 e. The topological polar surface area (TPSA) is 69.2 Å². The summed E-state index contributed by atoms with van der Waals surface area (Å²) in [7, 11) is 0. The molecule has 2 rings (SSSR count). The summed E-state index contributed by atoms with van der Waals surface area (Å²) >= 11 is 5.49. The summed E-state index contributed by atoms with van der Waals surface area (Å²) in [6, 6.07) is 3.28. The van der Waals surface area contributed by atoms with Crippen molar-refractivity contribution >= 4 is 45.4 Å². The first-order chi connectivity index (χ1) is 6.61. The van der Waals surface area contributed by atoms with Gasteiger partial charge in [-0.25, -0.2) is 0 Å². The van der Waals surface area contributed by atoms with E-state index in [0.717, 1.165) is 4.70 Å². The molecule has 0 saturated heterocycles.